The third-order valence-electron chi connectivity index (χ3n) is 2.86. The van der Waals surface area contributed by atoms with Gasteiger partial charge in [0.2, 0.25) is 11.8 Å². The number of hydrogen-bond acceptors (Lipinski definition) is 7. The predicted molar refractivity (Wildman–Crippen MR) is 82.1 cm³/mol. The largest absolute Gasteiger partial charge is 0.503 e. The SMILES string of the molecule is CO/C=C(\C(=O)OC)c1ccccc1Oc1cc(OC)ncn1. The fraction of sp³-hybridized carbons (Fsp3) is 0.188. The maximum absolute atomic E-state index is 11.9. The molecule has 0 atom stereocenters. The third-order valence-corrected chi connectivity index (χ3v) is 2.86. The van der Waals surface area contributed by atoms with E-state index in [-0.39, 0.29) is 11.5 Å². The standard InChI is InChI=1S/C16H16N2O5/c1-20-9-12(16(19)22-3)11-6-4-5-7-13(11)23-15-8-14(21-2)17-10-18-15/h4-10H,1-3H3/b12-9-. The molecule has 0 aliphatic carbocycles. The van der Waals surface area contributed by atoms with E-state index in [1.165, 1.54) is 40.0 Å². The molecular weight excluding hydrogens is 300 g/mol. The van der Waals surface area contributed by atoms with Crippen molar-refractivity contribution in [2.24, 2.45) is 0 Å². The summed E-state index contributed by atoms with van der Waals surface area (Å²) in [5.74, 6) is 0.532. The highest BCUT2D eigenvalue weighted by Crippen LogP contribution is 2.30. The smallest absolute Gasteiger partial charge is 0.341 e. The van der Waals surface area contributed by atoms with Crippen molar-refractivity contribution >= 4 is 11.5 Å². The molecule has 0 saturated carbocycles. The summed E-state index contributed by atoms with van der Waals surface area (Å²) in [6.07, 6.45) is 2.62. The first-order chi connectivity index (χ1) is 11.2. The quantitative estimate of drug-likeness (QED) is 0.460. The van der Waals surface area contributed by atoms with Crippen LogP contribution >= 0.6 is 0 Å². The Balaban J connectivity index is 2.40. The zero-order valence-corrected chi connectivity index (χ0v) is 13.0. The van der Waals surface area contributed by atoms with Crippen LogP contribution < -0.4 is 9.47 Å². The van der Waals surface area contributed by atoms with Gasteiger partial charge in [-0.2, -0.15) is 0 Å². The predicted octanol–water partition coefficient (Wildman–Crippen LogP) is 2.44. The van der Waals surface area contributed by atoms with Crippen LogP contribution in [0.15, 0.2) is 42.9 Å². The number of carbonyl (C=O) groups is 1. The molecule has 1 heterocycles. The molecular formula is C16H16N2O5. The Kier molecular flexibility index (Phi) is 5.51. The van der Waals surface area contributed by atoms with Gasteiger partial charge in [0, 0.05) is 5.56 Å². The van der Waals surface area contributed by atoms with Crippen LogP contribution in [0.2, 0.25) is 0 Å². The molecule has 0 aliphatic rings. The van der Waals surface area contributed by atoms with Gasteiger partial charge in [0.05, 0.1) is 33.7 Å². The number of methoxy groups -OCH3 is 3. The van der Waals surface area contributed by atoms with Crippen molar-refractivity contribution in [3.05, 3.63) is 48.5 Å². The fourth-order valence-electron chi connectivity index (χ4n) is 1.83. The van der Waals surface area contributed by atoms with Crippen LogP contribution in [-0.2, 0) is 14.3 Å². The van der Waals surface area contributed by atoms with E-state index in [1.54, 1.807) is 24.3 Å². The van der Waals surface area contributed by atoms with E-state index in [0.29, 0.717) is 17.2 Å². The van der Waals surface area contributed by atoms with Gasteiger partial charge in [-0.3, -0.25) is 0 Å². The highest BCUT2D eigenvalue weighted by Gasteiger charge is 2.18. The number of carbonyl (C=O) groups excluding carboxylic acids is 1. The fourth-order valence-corrected chi connectivity index (χ4v) is 1.83. The van der Waals surface area contributed by atoms with Crippen molar-refractivity contribution in [2.45, 2.75) is 0 Å². The molecule has 0 saturated heterocycles. The average Bonchev–Trinajstić information content (AvgIpc) is 2.60. The van der Waals surface area contributed by atoms with Crippen LogP contribution in [-0.4, -0.2) is 37.3 Å². The molecule has 23 heavy (non-hydrogen) atoms. The zero-order valence-electron chi connectivity index (χ0n) is 13.0. The monoisotopic (exact) mass is 316 g/mol. The number of rotatable bonds is 6. The van der Waals surface area contributed by atoms with Crippen molar-refractivity contribution in [3.8, 4) is 17.5 Å². The third kappa shape index (κ3) is 3.97. The van der Waals surface area contributed by atoms with E-state index in [0.717, 1.165) is 0 Å². The second-order valence-corrected chi connectivity index (χ2v) is 4.26. The number of nitrogens with zero attached hydrogens (tertiary/aromatic N) is 2. The number of esters is 1. The molecule has 0 aliphatic heterocycles. The van der Waals surface area contributed by atoms with Crippen molar-refractivity contribution < 1.29 is 23.7 Å². The maximum Gasteiger partial charge on any atom is 0.341 e. The summed E-state index contributed by atoms with van der Waals surface area (Å²) in [5, 5.41) is 0. The van der Waals surface area contributed by atoms with Crippen LogP contribution in [0, 0.1) is 0 Å². The first kappa shape index (κ1) is 16.3. The lowest BCUT2D eigenvalue weighted by Crippen LogP contribution is -2.06. The van der Waals surface area contributed by atoms with Crippen LogP contribution in [0.25, 0.3) is 5.57 Å². The molecule has 1 aromatic carbocycles. The van der Waals surface area contributed by atoms with E-state index in [1.807, 2.05) is 0 Å². The summed E-state index contributed by atoms with van der Waals surface area (Å²) >= 11 is 0. The van der Waals surface area contributed by atoms with Crippen LogP contribution in [0.3, 0.4) is 0 Å². The molecule has 0 spiro atoms. The average molecular weight is 316 g/mol. The van der Waals surface area contributed by atoms with Crippen molar-refractivity contribution in [1.82, 2.24) is 9.97 Å². The Morgan fingerprint density at radius 1 is 1.09 bits per heavy atom. The molecule has 7 heteroatoms. The van der Waals surface area contributed by atoms with Gasteiger partial charge in [0.1, 0.15) is 17.6 Å². The summed E-state index contributed by atoms with van der Waals surface area (Å²) in [5.41, 5.74) is 0.741. The molecule has 2 aromatic rings. The van der Waals surface area contributed by atoms with Crippen molar-refractivity contribution in [3.63, 3.8) is 0 Å². The lowest BCUT2D eigenvalue weighted by molar-refractivity contribution is -0.133. The van der Waals surface area contributed by atoms with Gasteiger partial charge in [-0.15, -0.1) is 0 Å². The molecule has 0 N–H and O–H groups in total. The van der Waals surface area contributed by atoms with Gasteiger partial charge < -0.3 is 18.9 Å². The highest BCUT2D eigenvalue weighted by atomic mass is 16.5. The summed E-state index contributed by atoms with van der Waals surface area (Å²) in [7, 11) is 4.24. The molecule has 0 fully saturated rings. The number of para-hydroxylation sites is 1. The maximum atomic E-state index is 11.9. The first-order valence-corrected chi connectivity index (χ1v) is 6.64. The minimum Gasteiger partial charge on any atom is -0.503 e. The zero-order chi connectivity index (χ0) is 16.7. The Hall–Kier alpha value is -3.09. The molecule has 7 nitrogen and oxygen atoms in total. The summed E-state index contributed by atoms with van der Waals surface area (Å²) in [6, 6.07) is 8.51. The van der Waals surface area contributed by atoms with Gasteiger partial charge in [-0.05, 0) is 6.07 Å². The van der Waals surface area contributed by atoms with Gasteiger partial charge in [-0.1, -0.05) is 18.2 Å². The Bertz CT molecular complexity index is 715. The van der Waals surface area contributed by atoms with Crippen molar-refractivity contribution in [2.75, 3.05) is 21.3 Å². The number of hydrogen-bond donors (Lipinski definition) is 0. The Labute approximate surface area is 133 Å². The second-order valence-electron chi connectivity index (χ2n) is 4.26. The molecule has 0 unspecified atom stereocenters. The van der Waals surface area contributed by atoms with E-state index in [9.17, 15) is 4.79 Å². The molecule has 120 valence electrons. The van der Waals surface area contributed by atoms with E-state index in [2.05, 4.69) is 9.97 Å². The van der Waals surface area contributed by atoms with E-state index >= 15 is 0 Å². The minimum absolute atomic E-state index is 0.228. The van der Waals surface area contributed by atoms with E-state index in [4.69, 9.17) is 18.9 Å². The summed E-state index contributed by atoms with van der Waals surface area (Å²) in [6.45, 7) is 0. The van der Waals surface area contributed by atoms with Crippen molar-refractivity contribution in [1.29, 1.82) is 0 Å². The second kappa shape index (κ2) is 7.79. The first-order valence-electron chi connectivity index (χ1n) is 6.64. The number of aromatic nitrogens is 2. The van der Waals surface area contributed by atoms with Crippen LogP contribution in [0.5, 0.6) is 17.5 Å². The van der Waals surface area contributed by atoms with Crippen LogP contribution in [0.4, 0.5) is 0 Å². The van der Waals surface area contributed by atoms with Gasteiger partial charge in [0.15, 0.2) is 0 Å². The molecule has 2 rings (SSSR count). The van der Waals surface area contributed by atoms with Crippen LogP contribution in [0.1, 0.15) is 5.56 Å². The van der Waals surface area contributed by atoms with Gasteiger partial charge in [0.25, 0.3) is 0 Å². The number of benzene rings is 1. The summed E-state index contributed by atoms with van der Waals surface area (Å²) in [4.78, 5) is 19.9. The van der Waals surface area contributed by atoms with Gasteiger partial charge >= 0.3 is 5.97 Å². The molecule has 1 aromatic heterocycles. The minimum atomic E-state index is -0.539. The normalized spacial score (nSPS) is 10.8. The summed E-state index contributed by atoms with van der Waals surface area (Å²) < 4.78 is 20.5. The number of ether oxygens (including phenoxy) is 4. The molecule has 0 amide bonds. The van der Waals surface area contributed by atoms with Gasteiger partial charge in [-0.25, -0.2) is 14.8 Å². The molecule has 0 bridgehead atoms. The Morgan fingerprint density at radius 2 is 1.83 bits per heavy atom. The Morgan fingerprint density at radius 3 is 2.52 bits per heavy atom. The molecule has 0 radical (unpaired) electrons. The van der Waals surface area contributed by atoms with E-state index < -0.39 is 5.97 Å². The lowest BCUT2D eigenvalue weighted by Gasteiger charge is -2.12. The highest BCUT2D eigenvalue weighted by molar-refractivity contribution is 6.17. The lowest BCUT2D eigenvalue weighted by atomic mass is 10.1. The topological polar surface area (TPSA) is 79.8 Å².